The van der Waals surface area contributed by atoms with E-state index in [1.807, 2.05) is 13.0 Å². The average molecular weight is 200 g/mol. The van der Waals surface area contributed by atoms with Crippen LogP contribution in [-0.2, 0) is 0 Å². The van der Waals surface area contributed by atoms with Gasteiger partial charge in [0, 0.05) is 12.5 Å². The van der Waals surface area contributed by atoms with E-state index in [4.69, 9.17) is 0 Å². The van der Waals surface area contributed by atoms with Crippen molar-refractivity contribution in [3.8, 4) is 0 Å². The van der Waals surface area contributed by atoms with Crippen LogP contribution in [0.1, 0.15) is 34.1 Å². The molecule has 0 nitrogen and oxygen atoms in total. The predicted octanol–water partition coefficient (Wildman–Crippen LogP) is 4.50. The second kappa shape index (κ2) is 5.08. The lowest BCUT2D eigenvalue weighted by molar-refractivity contribution is 0.0628. The molecule has 0 heterocycles. The van der Waals surface area contributed by atoms with Crippen LogP contribution in [0.2, 0.25) is 0 Å². The Hall–Kier alpha value is -0.920. The van der Waals surface area contributed by atoms with Crippen molar-refractivity contribution in [2.24, 2.45) is 0 Å². The number of rotatable bonds is 4. The van der Waals surface area contributed by atoms with Crippen LogP contribution >= 0.6 is 0 Å². The number of alkyl halides is 2. The topological polar surface area (TPSA) is 0 Å². The molecule has 0 aromatic heterocycles. The summed E-state index contributed by atoms with van der Waals surface area (Å²) in [4.78, 5) is 0. The van der Waals surface area contributed by atoms with Gasteiger partial charge in [-0.05, 0) is 25.8 Å². The zero-order chi connectivity index (χ0) is 11.4. The van der Waals surface area contributed by atoms with E-state index >= 15 is 0 Å². The van der Waals surface area contributed by atoms with E-state index < -0.39 is 5.92 Å². The lowest BCUT2D eigenvalue weighted by atomic mass is 9.99. The Kier molecular flexibility index (Phi) is 4.75. The molecule has 2 heteroatoms. The molecule has 80 valence electrons. The van der Waals surface area contributed by atoms with Crippen LogP contribution in [0, 0.1) is 0 Å². The predicted molar refractivity (Wildman–Crippen MR) is 57.6 cm³/mol. The maximum absolute atomic E-state index is 13.0. The van der Waals surface area contributed by atoms with Gasteiger partial charge < -0.3 is 0 Å². The minimum absolute atomic E-state index is 0.0784. The van der Waals surface area contributed by atoms with Gasteiger partial charge in [0.25, 0.3) is 5.92 Å². The molecule has 0 fully saturated rings. The molecule has 0 aliphatic carbocycles. The number of allylic oxidation sites excluding steroid dienone is 5. The quantitative estimate of drug-likeness (QED) is 0.586. The Morgan fingerprint density at radius 1 is 1.36 bits per heavy atom. The maximum atomic E-state index is 13.0. The summed E-state index contributed by atoms with van der Waals surface area (Å²) in [5.41, 5.74) is 1.31. The first kappa shape index (κ1) is 13.1. The normalized spacial score (nSPS) is 14.4. The van der Waals surface area contributed by atoms with Crippen molar-refractivity contribution in [2.75, 3.05) is 0 Å². The van der Waals surface area contributed by atoms with Gasteiger partial charge in [-0.1, -0.05) is 31.2 Å². The molecule has 0 aromatic rings. The Morgan fingerprint density at radius 3 is 2.14 bits per heavy atom. The van der Waals surface area contributed by atoms with Crippen LogP contribution in [0.15, 0.2) is 35.5 Å². The highest BCUT2D eigenvalue weighted by Gasteiger charge is 2.26. The van der Waals surface area contributed by atoms with Crippen molar-refractivity contribution >= 4 is 0 Å². The minimum Gasteiger partial charge on any atom is -0.202 e. The first-order chi connectivity index (χ1) is 6.30. The molecule has 0 aliphatic rings. The summed E-state index contributed by atoms with van der Waals surface area (Å²) in [6, 6.07) is 0. The minimum atomic E-state index is -2.77. The Morgan fingerprint density at radius 2 is 1.86 bits per heavy atom. The third-order valence-electron chi connectivity index (χ3n) is 2.04. The van der Waals surface area contributed by atoms with Crippen molar-refractivity contribution in [3.05, 3.63) is 35.5 Å². The lowest BCUT2D eigenvalue weighted by Gasteiger charge is -2.15. The molecule has 14 heavy (non-hydrogen) atoms. The molecule has 0 aromatic carbocycles. The molecule has 0 saturated heterocycles. The van der Waals surface area contributed by atoms with Gasteiger partial charge in [-0.25, -0.2) is 8.78 Å². The standard InChI is InChI=1S/C12H18F2/c1-6-7-8-11(9(2)3)10(4)12(5,13)14/h7-8H,2,6H2,1,3-5H3/b8-7-,11-10-. The van der Waals surface area contributed by atoms with E-state index in [0.29, 0.717) is 11.1 Å². The molecule has 0 N–H and O–H groups in total. The number of hydrogen-bond acceptors (Lipinski definition) is 0. The van der Waals surface area contributed by atoms with Gasteiger partial charge in [-0.3, -0.25) is 0 Å². The van der Waals surface area contributed by atoms with Crippen LogP contribution in [-0.4, -0.2) is 5.92 Å². The molecule has 0 radical (unpaired) electrons. The molecule has 0 atom stereocenters. The van der Waals surface area contributed by atoms with Crippen molar-refractivity contribution < 1.29 is 8.78 Å². The lowest BCUT2D eigenvalue weighted by Crippen LogP contribution is -2.13. The first-order valence-corrected chi connectivity index (χ1v) is 4.72. The molecule has 0 spiro atoms. The molecule has 0 amide bonds. The van der Waals surface area contributed by atoms with E-state index in [9.17, 15) is 8.78 Å². The van der Waals surface area contributed by atoms with Crippen LogP contribution in [0.4, 0.5) is 8.78 Å². The van der Waals surface area contributed by atoms with Crippen molar-refractivity contribution in [2.45, 2.75) is 40.0 Å². The zero-order valence-corrected chi connectivity index (χ0v) is 9.32. The van der Waals surface area contributed by atoms with Gasteiger partial charge in [0.05, 0.1) is 0 Å². The Bertz CT molecular complexity index is 265. The highest BCUT2D eigenvalue weighted by Crippen LogP contribution is 2.28. The molecular formula is C12H18F2. The second-order valence-electron chi connectivity index (χ2n) is 3.52. The summed E-state index contributed by atoms with van der Waals surface area (Å²) in [7, 11) is 0. The van der Waals surface area contributed by atoms with Crippen LogP contribution in [0.5, 0.6) is 0 Å². The molecule has 0 bridgehead atoms. The smallest absolute Gasteiger partial charge is 0.202 e. The van der Waals surface area contributed by atoms with Crippen LogP contribution in [0.25, 0.3) is 0 Å². The van der Waals surface area contributed by atoms with E-state index in [1.165, 1.54) is 6.92 Å². The molecular weight excluding hydrogens is 182 g/mol. The van der Waals surface area contributed by atoms with Gasteiger partial charge in [-0.2, -0.15) is 0 Å². The van der Waals surface area contributed by atoms with E-state index in [0.717, 1.165) is 13.3 Å². The fourth-order valence-corrected chi connectivity index (χ4v) is 1.06. The Balaban J connectivity index is 5.17. The summed E-state index contributed by atoms with van der Waals surface area (Å²) in [6.45, 7) is 9.76. The highest BCUT2D eigenvalue weighted by molar-refractivity contribution is 5.42. The summed E-state index contributed by atoms with van der Waals surface area (Å²) in [6.07, 6.45) is 4.41. The third kappa shape index (κ3) is 3.86. The van der Waals surface area contributed by atoms with Crippen molar-refractivity contribution in [1.29, 1.82) is 0 Å². The molecule has 0 unspecified atom stereocenters. The van der Waals surface area contributed by atoms with Crippen LogP contribution < -0.4 is 0 Å². The SMILES string of the molecule is C=C(C)C(/C=C\CC)=C(/C)C(C)(F)F. The Labute approximate surface area is 85.0 Å². The summed E-state index contributed by atoms with van der Waals surface area (Å²) < 4.78 is 26.0. The highest BCUT2D eigenvalue weighted by atomic mass is 19.3. The summed E-state index contributed by atoms with van der Waals surface area (Å²) in [5.74, 6) is -2.77. The largest absolute Gasteiger partial charge is 0.267 e. The average Bonchev–Trinajstić information content (AvgIpc) is 2.02. The van der Waals surface area contributed by atoms with E-state index in [-0.39, 0.29) is 5.57 Å². The molecule has 0 rings (SSSR count). The molecule has 0 aliphatic heterocycles. The van der Waals surface area contributed by atoms with Crippen LogP contribution in [0.3, 0.4) is 0 Å². The van der Waals surface area contributed by atoms with Gasteiger partial charge in [0.1, 0.15) is 0 Å². The van der Waals surface area contributed by atoms with Gasteiger partial charge in [0.2, 0.25) is 0 Å². The first-order valence-electron chi connectivity index (χ1n) is 4.72. The maximum Gasteiger partial charge on any atom is 0.267 e. The van der Waals surface area contributed by atoms with Gasteiger partial charge in [0.15, 0.2) is 0 Å². The summed E-state index contributed by atoms with van der Waals surface area (Å²) >= 11 is 0. The van der Waals surface area contributed by atoms with E-state index in [1.54, 1.807) is 13.0 Å². The monoisotopic (exact) mass is 200 g/mol. The fraction of sp³-hybridized carbons (Fsp3) is 0.500. The summed E-state index contributed by atoms with van der Waals surface area (Å²) in [5, 5.41) is 0. The molecule has 0 saturated carbocycles. The number of hydrogen-bond donors (Lipinski definition) is 0. The van der Waals surface area contributed by atoms with Gasteiger partial charge in [-0.15, -0.1) is 0 Å². The third-order valence-corrected chi connectivity index (χ3v) is 2.04. The number of halogens is 2. The van der Waals surface area contributed by atoms with Crippen molar-refractivity contribution in [1.82, 2.24) is 0 Å². The zero-order valence-electron chi connectivity index (χ0n) is 9.32. The second-order valence-corrected chi connectivity index (χ2v) is 3.52. The van der Waals surface area contributed by atoms with Crippen molar-refractivity contribution in [3.63, 3.8) is 0 Å². The van der Waals surface area contributed by atoms with E-state index in [2.05, 4.69) is 6.58 Å². The van der Waals surface area contributed by atoms with Gasteiger partial charge >= 0.3 is 0 Å². The fourth-order valence-electron chi connectivity index (χ4n) is 1.06.